The maximum atomic E-state index is 12.1. The van der Waals surface area contributed by atoms with Gasteiger partial charge in [-0.05, 0) is 50.9 Å². The average Bonchev–Trinajstić information content (AvgIpc) is 2.54. The second-order valence-electron chi connectivity index (χ2n) is 5.99. The normalized spacial score (nSPS) is 20.8. The van der Waals surface area contributed by atoms with Crippen LogP contribution in [0.2, 0.25) is 0 Å². The zero-order valence-electron chi connectivity index (χ0n) is 13.4. The van der Waals surface area contributed by atoms with Crippen molar-refractivity contribution in [3.63, 3.8) is 0 Å². The Morgan fingerprint density at radius 1 is 1.30 bits per heavy atom. The fraction of sp³-hybridized carbons (Fsp3) is 0.529. The van der Waals surface area contributed by atoms with Crippen molar-refractivity contribution in [2.45, 2.75) is 32.2 Å². The van der Waals surface area contributed by atoms with Crippen molar-refractivity contribution in [1.82, 2.24) is 16.0 Å². The minimum Gasteiger partial charge on any atom is -0.356 e. The summed E-state index contributed by atoms with van der Waals surface area (Å²) in [6.45, 7) is 4.16. The van der Waals surface area contributed by atoms with Crippen molar-refractivity contribution in [3.05, 3.63) is 34.3 Å². The van der Waals surface area contributed by atoms with Gasteiger partial charge in [0, 0.05) is 35.1 Å². The standard InChI is InChI=1S/C17H24BrN3O2/c1-12-10-14(6-9-19-12)17(23)21-8-3-7-20-16(22)13-4-2-5-15(18)11-13/h2,4-5,11-12,14,19H,3,6-10H2,1H3,(H,20,22)(H,21,23)/t12-,14-/m0/s1. The smallest absolute Gasteiger partial charge is 0.251 e. The predicted molar refractivity (Wildman–Crippen MR) is 94.3 cm³/mol. The molecule has 0 aromatic heterocycles. The Morgan fingerprint density at radius 2 is 2.09 bits per heavy atom. The van der Waals surface area contributed by atoms with Crippen LogP contribution in [0.5, 0.6) is 0 Å². The summed E-state index contributed by atoms with van der Waals surface area (Å²) in [5.74, 6) is 0.156. The van der Waals surface area contributed by atoms with E-state index in [1.807, 2.05) is 12.1 Å². The molecular weight excluding hydrogens is 358 g/mol. The third-order valence-electron chi connectivity index (χ3n) is 4.02. The van der Waals surface area contributed by atoms with Crippen molar-refractivity contribution in [1.29, 1.82) is 0 Å². The number of carbonyl (C=O) groups is 2. The highest BCUT2D eigenvalue weighted by molar-refractivity contribution is 9.10. The van der Waals surface area contributed by atoms with Gasteiger partial charge >= 0.3 is 0 Å². The summed E-state index contributed by atoms with van der Waals surface area (Å²) in [6, 6.07) is 7.69. The molecule has 1 aromatic rings. The van der Waals surface area contributed by atoms with Gasteiger partial charge < -0.3 is 16.0 Å². The first-order valence-corrected chi connectivity index (χ1v) is 8.90. The lowest BCUT2D eigenvalue weighted by atomic mass is 9.92. The first-order chi connectivity index (χ1) is 11.1. The molecule has 0 aliphatic carbocycles. The Bertz CT molecular complexity index is 550. The Kier molecular flexibility index (Phi) is 7.05. The molecule has 0 unspecified atom stereocenters. The lowest BCUT2D eigenvalue weighted by Gasteiger charge is -2.27. The van der Waals surface area contributed by atoms with Crippen LogP contribution in [-0.2, 0) is 4.79 Å². The quantitative estimate of drug-likeness (QED) is 0.660. The summed E-state index contributed by atoms with van der Waals surface area (Å²) < 4.78 is 0.883. The maximum absolute atomic E-state index is 12.1. The number of nitrogens with one attached hydrogen (secondary N) is 3. The van der Waals surface area contributed by atoms with Crippen LogP contribution in [0.3, 0.4) is 0 Å². The summed E-state index contributed by atoms with van der Waals surface area (Å²) >= 11 is 3.35. The fourth-order valence-electron chi connectivity index (χ4n) is 2.75. The van der Waals surface area contributed by atoms with E-state index in [-0.39, 0.29) is 17.7 Å². The molecule has 1 fully saturated rings. The molecule has 126 valence electrons. The van der Waals surface area contributed by atoms with E-state index in [9.17, 15) is 9.59 Å². The zero-order chi connectivity index (χ0) is 16.7. The van der Waals surface area contributed by atoms with Crippen molar-refractivity contribution in [2.75, 3.05) is 19.6 Å². The fourth-order valence-corrected chi connectivity index (χ4v) is 3.15. The first kappa shape index (κ1) is 17.9. The van der Waals surface area contributed by atoms with Gasteiger partial charge in [0.05, 0.1) is 0 Å². The largest absolute Gasteiger partial charge is 0.356 e. The minimum atomic E-state index is -0.0928. The molecule has 0 bridgehead atoms. The molecule has 3 N–H and O–H groups in total. The number of piperidine rings is 1. The lowest BCUT2D eigenvalue weighted by molar-refractivity contribution is -0.126. The molecule has 1 aliphatic rings. The van der Waals surface area contributed by atoms with Crippen molar-refractivity contribution in [3.8, 4) is 0 Å². The van der Waals surface area contributed by atoms with E-state index >= 15 is 0 Å². The summed E-state index contributed by atoms with van der Waals surface area (Å²) in [4.78, 5) is 24.0. The van der Waals surface area contributed by atoms with Gasteiger partial charge in [-0.2, -0.15) is 0 Å². The number of rotatable bonds is 6. The minimum absolute atomic E-state index is 0.0928. The molecule has 1 aromatic carbocycles. The number of amides is 2. The van der Waals surface area contributed by atoms with E-state index in [1.54, 1.807) is 12.1 Å². The summed E-state index contributed by atoms with van der Waals surface area (Å²) in [5, 5.41) is 9.18. The highest BCUT2D eigenvalue weighted by Gasteiger charge is 2.24. The Labute approximate surface area is 145 Å². The Morgan fingerprint density at radius 3 is 2.83 bits per heavy atom. The molecule has 2 atom stereocenters. The maximum Gasteiger partial charge on any atom is 0.251 e. The molecule has 5 nitrogen and oxygen atoms in total. The van der Waals surface area contributed by atoms with Crippen LogP contribution in [0.1, 0.15) is 36.5 Å². The number of carbonyl (C=O) groups excluding carboxylic acids is 2. The summed E-state index contributed by atoms with van der Waals surface area (Å²) in [6.07, 6.45) is 2.52. The highest BCUT2D eigenvalue weighted by atomic mass is 79.9. The molecule has 0 spiro atoms. The molecule has 2 amide bonds. The van der Waals surface area contributed by atoms with Gasteiger partial charge in [-0.25, -0.2) is 0 Å². The van der Waals surface area contributed by atoms with Crippen LogP contribution < -0.4 is 16.0 Å². The third kappa shape index (κ3) is 5.95. The summed E-state index contributed by atoms with van der Waals surface area (Å²) in [5.41, 5.74) is 0.632. The van der Waals surface area contributed by atoms with Crippen LogP contribution >= 0.6 is 15.9 Å². The molecule has 0 radical (unpaired) electrons. The van der Waals surface area contributed by atoms with E-state index in [0.717, 1.165) is 30.3 Å². The number of benzene rings is 1. The third-order valence-corrected chi connectivity index (χ3v) is 4.51. The molecule has 1 saturated heterocycles. The van der Waals surface area contributed by atoms with E-state index in [0.29, 0.717) is 24.7 Å². The highest BCUT2D eigenvalue weighted by Crippen LogP contribution is 2.15. The van der Waals surface area contributed by atoms with Crippen molar-refractivity contribution in [2.24, 2.45) is 5.92 Å². The molecule has 1 aliphatic heterocycles. The van der Waals surface area contributed by atoms with Crippen molar-refractivity contribution >= 4 is 27.7 Å². The van der Waals surface area contributed by atoms with E-state index in [2.05, 4.69) is 38.8 Å². The summed E-state index contributed by atoms with van der Waals surface area (Å²) in [7, 11) is 0. The Balaban J connectivity index is 1.62. The number of halogens is 1. The molecule has 23 heavy (non-hydrogen) atoms. The molecule has 1 heterocycles. The Hall–Kier alpha value is -1.40. The lowest BCUT2D eigenvalue weighted by Crippen LogP contribution is -2.42. The monoisotopic (exact) mass is 381 g/mol. The first-order valence-electron chi connectivity index (χ1n) is 8.11. The van der Waals surface area contributed by atoms with Gasteiger partial charge in [0.15, 0.2) is 0 Å². The van der Waals surface area contributed by atoms with Gasteiger partial charge in [-0.1, -0.05) is 22.0 Å². The average molecular weight is 382 g/mol. The van der Waals surface area contributed by atoms with Gasteiger partial charge in [0.25, 0.3) is 5.91 Å². The van der Waals surface area contributed by atoms with Crippen LogP contribution in [0.15, 0.2) is 28.7 Å². The van der Waals surface area contributed by atoms with Crippen LogP contribution in [0, 0.1) is 5.92 Å². The van der Waals surface area contributed by atoms with Gasteiger partial charge in [0.1, 0.15) is 0 Å². The van der Waals surface area contributed by atoms with Crippen molar-refractivity contribution < 1.29 is 9.59 Å². The predicted octanol–water partition coefficient (Wildman–Crippen LogP) is 2.07. The van der Waals surface area contributed by atoms with Crippen LogP contribution in [-0.4, -0.2) is 37.5 Å². The molecular formula is C17H24BrN3O2. The van der Waals surface area contributed by atoms with Crippen LogP contribution in [0.25, 0.3) is 0 Å². The second-order valence-corrected chi connectivity index (χ2v) is 6.90. The number of hydrogen-bond donors (Lipinski definition) is 3. The van der Waals surface area contributed by atoms with E-state index in [4.69, 9.17) is 0 Å². The van der Waals surface area contributed by atoms with E-state index < -0.39 is 0 Å². The zero-order valence-corrected chi connectivity index (χ0v) is 15.0. The SMILES string of the molecule is C[C@H]1C[C@@H](C(=O)NCCCNC(=O)c2cccc(Br)c2)CCN1. The van der Waals surface area contributed by atoms with E-state index in [1.165, 1.54) is 0 Å². The number of hydrogen-bond acceptors (Lipinski definition) is 3. The topological polar surface area (TPSA) is 70.2 Å². The molecule has 2 rings (SSSR count). The van der Waals surface area contributed by atoms with Gasteiger partial charge in [-0.15, -0.1) is 0 Å². The van der Waals surface area contributed by atoms with Gasteiger partial charge in [0.2, 0.25) is 5.91 Å². The molecule has 0 saturated carbocycles. The van der Waals surface area contributed by atoms with Gasteiger partial charge in [-0.3, -0.25) is 9.59 Å². The second kappa shape index (κ2) is 9.03. The van der Waals surface area contributed by atoms with Crippen LogP contribution in [0.4, 0.5) is 0 Å². The molecule has 6 heteroatoms.